The summed E-state index contributed by atoms with van der Waals surface area (Å²) in [4.78, 5) is 14.8. The predicted molar refractivity (Wildman–Crippen MR) is 81.2 cm³/mol. The van der Waals surface area contributed by atoms with E-state index in [1.807, 2.05) is 0 Å². The Morgan fingerprint density at radius 2 is 2.38 bits per heavy atom. The van der Waals surface area contributed by atoms with Gasteiger partial charge in [0, 0.05) is 43.4 Å². The highest BCUT2D eigenvalue weighted by Gasteiger charge is 2.24. The van der Waals surface area contributed by atoms with Gasteiger partial charge < -0.3 is 10.6 Å². The molecule has 1 aromatic rings. The standard InChI is InChI=1S/C15H25N5O/c1-2-20-8-4-3-5-11(20)9-17-15(21)14-12-10-16-7-6-13(12)18-19-14/h11,16H,2-10H2,1H3,(H,17,21)(H,18,19). The van der Waals surface area contributed by atoms with Crippen LogP contribution in [0.1, 0.15) is 47.9 Å². The number of hydrogen-bond acceptors (Lipinski definition) is 4. The first-order valence-corrected chi connectivity index (χ1v) is 8.08. The van der Waals surface area contributed by atoms with Gasteiger partial charge in [-0.2, -0.15) is 5.10 Å². The van der Waals surface area contributed by atoms with Crippen LogP contribution in [0, 0.1) is 0 Å². The SMILES string of the molecule is CCN1CCCCC1CNC(=O)c1n[nH]c2c1CNCC2. The first-order chi connectivity index (χ1) is 10.3. The Labute approximate surface area is 125 Å². The quantitative estimate of drug-likeness (QED) is 0.762. The lowest BCUT2D eigenvalue weighted by atomic mass is 10.0. The first-order valence-electron chi connectivity index (χ1n) is 8.08. The molecular weight excluding hydrogens is 266 g/mol. The molecule has 6 nitrogen and oxygen atoms in total. The molecule has 0 aliphatic carbocycles. The van der Waals surface area contributed by atoms with Crippen LogP contribution in [-0.2, 0) is 13.0 Å². The predicted octanol–water partition coefficient (Wildman–Crippen LogP) is 0.660. The van der Waals surface area contributed by atoms with Crippen molar-refractivity contribution in [3.63, 3.8) is 0 Å². The summed E-state index contributed by atoms with van der Waals surface area (Å²) in [5.74, 6) is -0.0437. The third kappa shape index (κ3) is 3.11. The molecule has 0 saturated carbocycles. The molecule has 21 heavy (non-hydrogen) atoms. The number of likely N-dealkylation sites (tertiary alicyclic amines) is 1. The van der Waals surface area contributed by atoms with Gasteiger partial charge in [0.15, 0.2) is 5.69 Å². The van der Waals surface area contributed by atoms with Crippen molar-refractivity contribution in [3.8, 4) is 0 Å². The smallest absolute Gasteiger partial charge is 0.272 e. The van der Waals surface area contributed by atoms with Crippen LogP contribution in [0.25, 0.3) is 0 Å². The number of H-pyrrole nitrogens is 1. The van der Waals surface area contributed by atoms with E-state index in [1.165, 1.54) is 19.3 Å². The number of nitrogens with zero attached hydrogens (tertiary/aromatic N) is 2. The first kappa shape index (κ1) is 14.5. The lowest BCUT2D eigenvalue weighted by Crippen LogP contribution is -2.46. The summed E-state index contributed by atoms with van der Waals surface area (Å²) in [5.41, 5.74) is 2.71. The van der Waals surface area contributed by atoms with Gasteiger partial charge in [-0.05, 0) is 25.9 Å². The van der Waals surface area contributed by atoms with E-state index in [0.29, 0.717) is 11.7 Å². The van der Waals surface area contributed by atoms with Gasteiger partial charge in [-0.3, -0.25) is 14.8 Å². The van der Waals surface area contributed by atoms with Crippen molar-refractivity contribution in [2.75, 3.05) is 26.2 Å². The molecule has 6 heteroatoms. The molecule has 2 aliphatic heterocycles. The molecule has 0 aromatic carbocycles. The molecule has 3 rings (SSSR count). The van der Waals surface area contributed by atoms with Gasteiger partial charge in [-0.15, -0.1) is 0 Å². The van der Waals surface area contributed by atoms with E-state index >= 15 is 0 Å². The lowest BCUT2D eigenvalue weighted by Gasteiger charge is -2.34. The largest absolute Gasteiger partial charge is 0.349 e. The van der Waals surface area contributed by atoms with E-state index in [0.717, 1.165) is 50.4 Å². The zero-order valence-electron chi connectivity index (χ0n) is 12.7. The second-order valence-electron chi connectivity index (χ2n) is 5.94. The number of amides is 1. The summed E-state index contributed by atoms with van der Waals surface area (Å²) >= 11 is 0. The Hall–Kier alpha value is -1.40. The van der Waals surface area contributed by atoms with E-state index in [9.17, 15) is 4.79 Å². The summed E-state index contributed by atoms with van der Waals surface area (Å²) in [6.07, 6.45) is 4.63. The molecule has 3 N–H and O–H groups in total. The highest BCUT2D eigenvalue weighted by molar-refractivity contribution is 5.94. The Bertz CT molecular complexity index is 498. The van der Waals surface area contributed by atoms with Gasteiger partial charge >= 0.3 is 0 Å². The normalized spacial score (nSPS) is 22.8. The Balaban J connectivity index is 1.60. The maximum Gasteiger partial charge on any atom is 0.272 e. The minimum absolute atomic E-state index is 0.0437. The number of fused-ring (bicyclic) bond motifs is 1. The van der Waals surface area contributed by atoms with Gasteiger partial charge in [0.1, 0.15) is 0 Å². The fraction of sp³-hybridized carbons (Fsp3) is 0.733. The number of aromatic amines is 1. The number of carbonyl (C=O) groups is 1. The summed E-state index contributed by atoms with van der Waals surface area (Å²) in [7, 11) is 0. The van der Waals surface area contributed by atoms with E-state index in [-0.39, 0.29) is 5.91 Å². The van der Waals surface area contributed by atoms with E-state index < -0.39 is 0 Å². The minimum atomic E-state index is -0.0437. The van der Waals surface area contributed by atoms with Crippen LogP contribution in [0.3, 0.4) is 0 Å². The zero-order valence-corrected chi connectivity index (χ0v) is 12.7. The maximum atomic E-state index is 12.4. The van der Waals surface area contributed by atoms with Crippen LogP contribution in [0.2, 0.25) is 0 Å². The third-order valence-electron chi connectivity index (χ3n) is 4.67. The number of nitrogens with one attached hydrogen (secondary N) is 3. The highest BCUT2D eigenvalue weighted by atomic mass is 16.1. The molecule has 1 aromatic heterocycles. The van der Waals surface area contributed by atoms with Gasteiger partial charge in [0.05, 0.1) is 0 Å². The molecular formula is C15H25N5O. The Kier molecular flexibility index (Phi) is 4.55. The number of piperidine rings is 1. The molecule has 1 fully saturated rings. The van der Waals surface area contributed by atoms with E-state index in [4.69, 9.17) is 0 Å². The molecule has 0 radical (unpaired) electrons. The van der Waals surface area contributed by atoms with Crippen molar-refractivity contribution in [2.45, 2.75) is 45.2 Å². The topological polar surface area (TPSA) is 73.0 Å². The molecule has 1 unspecified atom stereocenters. The van der Waals surface area contributed by atoms with Crippen LogP contribution in [0.15, 0.2) is 0 Å². The Morgan fingerprint density at radius 3 is 3.24 bits per heavy atom. The van der Waals surface area contributed by atoms with Gasteiger partial charge in [0.25, 0.3) is 5.91 Å². The lowest BCUT2D eigenvalue weighted by molar-refractivity contribution is 0.0912. The van der Waals surface area contributed by atoms with Crippen molar-refractivity contribution < 1.29 is 4.79 Å². The summed E-state index contributed by atoms with van der Waals surface area (Å²) < 4.78 is 0. The number of rotatable bonds is 4. The van der Waals surface area contributed by atoms with Crippen molar-refractivity contribution in [2.24, 2.45) is 0 Å². The molecule has 1 amide bonds. The number of aromatic nitrogens is 2. The van der Waals surface area contributed by atoms with Crippen molar-refractivity contribution in [3.05, 3.63) is 17.0 Å². The third-order valence-corrected chi connectivity index (χ3v) is 4.67. The van der Waals surface area contributed by atoms with Crippen LogP contribution < -0.4 is 10.6 Å². The number of hydrogen-bond donors (Lipinski definition) is 3. The van der Waals surface area contributed by atoms with E-state index in [2.05, 4.69) is 32.7 Å². The fourth-order valence-electron chi connectivity index (χ4n) is 3.41. The van der Waals surface area contributed by atoms with Crippen LogP contribution in [0.4, 0.5) is 0 Å². The maximum absolute atomic E-state index is 12.4. The molecule has 2 aliphatic rings. The van der Waals surface area contributed by atoms with Gasteiger partial charge in [0.2, 0.25) is 0 Å². The molecule has 1 saturated heterocycles. The van der Waals surface area contributed by atoms with Crippen LogP contribution in [-0.4, -0.2) is 53.2 Å². The van der Waals surface area contributed by atoms with E-state index in [1.54, 1.807) is 0 Å². The van der Waals surface area contributed by atoms with Crippen molar-refractivity contribution >= 4 is 5.91 Å². The fourth-order valence-corrected chi connectivity index (χ4v) is 3.41. The van der Waals surface area contributed by atoms with Crippen LogP contribution in [0.5, 0.6) is 0 Å². The van der Waals surface area contributed by atoms with Crippen molar-refractivity contribution in [1.82, 2.24) is 25.7 Å². The molecule has 1 atom stereocenters. The summed E-state index contributed by atoms with van der Waals surface area (Å²) in [6.45, 7) is 6.81. The van der Waals surface area contributed by atoms with Gasteiger partial charge in [-0.1, -0.05) is 13.3 Å². The average molecular weight is 291 g/mol. The Morgan fingerprint density at radius 1 is 1.48 bits per heavy atom. The van der Waals surface area contributed by atoms with Gasteiger partial charge in [-0.25, -0.2) is 0 Å². The second kappa shape index (κ2) is 6.58. The highest BCUT2D eigenvalue weighted by Crippen LogP contribution is 2.17. The molecule has 116 valence electrons. The average Bonchev–Trinajstić information content (AvgIpc) is 2.97. The minimum Gasteiger partial charge on any atom is -0.349 e. The monoisotopic (exact) mass is 291 g/mol. The molecule has 3 heterocycles. The summed E-state index contributed by atoms with van der Waals surface area (Å²) in [6, 6.07) is 0.473. The van der Waals surface area contributed by atoms with Crippen LogP contribution >= 0.6 is 0 Å². The second-order valence-corrected chi connectivity index (χ2v) is 5.94. The molecule has 0 bridgehead atoms. The zero-order chi connectivity index (χ0) is 14.7. The molecule has 0 spiro atoms. The number of likely N-dealkylation sites (N-methyl/N-ethyl adjacent to an activating group) is 1. The summed E-state index contributed by atoms with van der Waals surface area (Å²) in [5, 5.41) is 13.6. The van der Waals surface area contributed by atoms with Crippen molar-refractivity contribution in [1.29, 1.82) is 0 Å². The number of carbonyl (C=O) groups excluding carboxylic acids is 1.